The number of carbonyl (C=O) groups excluding carboxylic acids is 2. The van der Waals surface area contributed by atoms with Gasteiger partial charge in [-0.15, -0.1) is 11.3 Å². The summed E-state index contributed by atoms with van der Waals surface area (Å²) in [5.74, 6) is -0.333. The minimum absolute atomic E-state index is 0.243. The molecule has 0 spiro atoms. The van der Waals surface area contributed by atoms with Gasteiger partial charge in [0.2, 0.25) is 0 Å². The molecule has 7 nitrogen and oxygen atoms in total. The van der Waals surface area contributed by atoms with Crippen LogP contribution < -0.4 is 20.9 Å². The summed E-state index contributed by atoms with van der Waals surface area (Å²) >= 11 is 1.19. The van der Waals surface area contributed by atoms with Gasteiger partial charge in [0.25, 0.3) is 5.91 Å². The minimum Gasteiger partial charge on any atom is -0.378 e. The smallest absolute Gasteiger partial charge is 0.325 e. The normalized spacial score (nSPS) is 10.2. The first kappa shape index (κ1) is 19.4. The molecule has 0 atom stereocenters. The van der Waals surface area contributed by atoms with Gasteiger partial charge in [0.05, 0.1) is 0 Å². The van der Waals surface area contributed by atoms with Crippen LogP contribution in [-0.2, 0) is 0 Å². The number of rotatable bonds is 5. The van der Waals surface area contributed by atoms with Gasteiger partial charge in [-0.05, 0) is 43.3 Å². The first-order chi connectivity index (χ1) is 13.4. The highest BCUT2D eigenvalue weighted by Crippen LogP contribution is 2.19. The van der Waals surface area contributed by atoms with Crippen LogP contribution in [0, 0.1) is 6.92 Å². The predicted molar refractivity (Wildman–Crippen MR) is 115 cm³/mol. The fourth-order valence-electron chi connectivity index (χ4n) is 2.37. The van der Waals surface area contributed by atoms with Crippen molar-refractivity contribution in [1.82, 2.24) is 4.98 Å². The fraction of sp³-hybridized carbons (Fsp3) is 0.150. The number of carbonyl (C=O) groups is 2. The maximum absolute atomic E-state index is 12.3. The topological polar surface area (TPSA) is 86.4 Å². The van der Waals surface area contributed by atoms with Crippen molar-refractivity contribution < 1.29 is 9.59 Å². The van der Waals surface area contributed by atoms with E-state index in [2.05, 4.69) is 20.9 Å². The van der Waals surface area contributed by atoms with Crippen molar-refractivity contribution in [3.05, 3.63) is 65.2 Å². The Kier molecular flexibility index (Phi) is 5.90. The molecule has 0 unspecified atom stereocenters. The van der Waals surface area contributed by atoms with Gasteiger partial charge in [-0.2, -0.15) is 0 Å². The molecular weight excluding hydrogens is 374 g/mol. The number of nitrogens with zero attached hydrogens (tertiary/aromatic N) is 2. The second-order valence-electron chi connectivity index (χ2n) is 6.38. The van der Waals surface area contributed by atoms with Gasteiger partial charge in [-0.25, -0.2) is 9.78 Å². The number of aryl methyl sites for hydroxylation is 1. The number of anilines is 4. The minimum atomic E-state index is -0.413. The van der Waals surface area contributed by atoms with Crippen LogP contribution in [0.3, 0.4) is 0 Å². The highest BCUT2D eigenvalue weighted by atomic mass is 32.1. The molecule has 0 aliphatic rings. The largest absolute Gasteiger partial charge is 0.378 e. The lowest BCUT2D eigenvalue weighted by molar-refractivity contribution is 0.102. The molecule has 0 saturated carbocycles. The molecule has 0 radical (unpaired) electrons. The number of aromatic nitrogens is 1. The summed E-state index contributed by atoms with van der Waals surface area (Å²) in [7, 11) is 3.90. The van der Waals surface area contributed by atoms with E-state index in [4.69, 9.17) is 0 Å². The maximum atomic E-state index is 12.3. The van der Waals surface area contributed by atoms with Crippen LogP contribution in [0.4, 0.5) is 27.0 Å². The number of hydrogen-bond donors (Lipinski definition) is 3. The van der Waals surface area contributed by atoms with Crippen molar-refractivity contribution in [1.29, 1.82) is 0 Å². The third-order valence-corrected chi connectivity index (χ3v) is 4.67. The van der Waals surface area contributed by atoms with Crippen LogP contribution in [-0.4, -0.2) is 31.0 Å². The molecule has 3 rings (SSSR count). The van der Waals surface area contributed by atoms with Crippen molar-refractivity contribution >= 4 is 45.5 Å². The van der Waals surface area contributed by atoms with Gasteiger partial charge < -0.3 is 15.5 Å². The molecule has 1 aromatic heterocycles. The van der Waals surface area contributed by atoms with E-state index in [9.17, 15) is 9.59 Å². The lowest BCUT2D eigenvalue weighted by Crippen LogP contribution is -2.19. The molecule has 1 heterocycles. The van der Waals surface area contributed by atoms with Gasteiger partial charge in [0.1, 0.15) is 5.69 Å². The summed E-state index contributed by atoms with van der Waals surface area (Å²) in [5.41, 5.74) is 3.75. The van der Waals surface area contributed by atoms with Crippen LogP contribution in [0.5, 0.6) is 0 Å². The summed E-state index contributed by atoms with van der Waals surface area (Å²) in [6, 6.07) is 14.5. The monoisotopic (exact) mass is 395 g/mol. The van der Waals surface area contributed by atoms with Crippen molar-refractivity contribution in [2.75, 3.05) is 34.9 Å². The second-order valence-corrected chi connectivity index (χ2v) is 7.24. The van der Waals surface area contributed by atoms with Gasteiger partial charge >= 0.3 is 6.03 Å². The van der Waals surface area contributed by atoms with Gasteiger partial charge in [-0.1, -0.05) is 17.7 Å². The number of amides is 3. The van der Waals surface area contributed by atoms with Crippen LogP contribution >= 0.6 is 11.3 Å². The zero-order valence-electron chi connectivity index (χ0n) is 15.8. The molecule has 0 saturated heterocycles. The molecule has 0 aliphatic carbocycles. The molecule has 8 heteroatoms. The molecule has 28 heavy (non-hydrogen) atoms. The average Bonchev–Trinajstić information content (AvgIpc) is 3.12. The Bertz CT molecular complexity index is 965. The van der Waals surface area contributed by atoms with E-state index in [1.807, 2.05) is 74.4 Å². The van der Waals surface area contributed by atoms with Crippen LogP contribution in [0.15, 0.2) is 53.9 Å². The number of benzene rings is 2. The maximum Gasteiger partial charge on any atom is 0.325 e. The van der Waals surface area contributed by atoms with E-state index < -0.39 is 6.03 Å². The summed E-state index contributed by atoms with van der Waals surface area (Å²) in [5, 5.41) is 10.1. The molecular formula is C20H21N5O2S. The first-order valence-corrected chi connectivity index (χ1v) is 9.47. The van der Waals surface area contributed by atoms with E-state index in [0.29, 0.717) is 16.5 Å². The predicted octanol–water partition coefficient (Wildman–Crippen LogP) is 4.41. The van der Waals surface area contributed by atoms with E-state index in [0.717, 1.165) is 11.3 Å². The van der Waals surface area contributed by atoms with E-state index >= 15 is 0 Å². The standard InChI is InChI=1S/C20H21N5O2S/c1-13-4-6-15(7-5-13)22-19(27)24-20-23-17(12-28-20)18(26)21-14-8-10-16(11-9-14)25(2)3/h4-12H,1-3H3,(H,21,26)(H2,22,23,24,27). The zero-order chi connectivity index (χ0) is 20.1. The summed E-state index contributed by atoms with van der Waals surface area (Å²) in [6.45, 7) is 1.97. The Morgan fingerprint density at radius 2 is 1.50 bits per heavy atom. The number of thiazole rings is 1. The number of urea groups is 1. The number of nitrogens with one attached hydrogen (secondary N) is 3. The summed E-state index contributed by atoms with van der Waals surface area (Å²) in [4.78, 5) is 30.6. The Balaban J connectivity index is 1.57. The molecule has 3 amide bonds. The van der Waals surface area contributed by atoms with Crippen LogP contribution in [0.1, 0.15) is 16.1 Å². The molecule has 0 bridgehead atoms. The highest BCUT2D eigenvalue weighted by Gasteiger charge is 2.13. The lowest BCUT2D eigenvalue weighted by Gasteiger charge is -2.12. The van der Waals surface area contributed by atoms with Gasteiger partial charge in [0, 0.05) is 36.5 Å². The summed E-state index contributed by atoms with van der Waals surface area (Å²) in [6.07, 6.45) is 0. The number of hydrogen-bond acceptors (Lipinski definition) is 5. The van der Waals surface area contributed by atoms with Crippen LogP contribution in [0.25, 0.3) is 0 Å². The molecule has 0 fully saturated rings. The molecule has 2 aromatic carbocycles. The molecule has 3 N–H and O–H groups in total. The first-order valence-electron chi connectivity index (χ1n) is 8.59. The quantitative estimate of drug-likeness (QED) is 0.597. The Hall–Kier alpha value is -3.39. The average molecular weight is 395 g/mol. The van der Waals surface area contributed by atoms with Crippen molar-refractivity contribution in [3.8, 4) is 0 Å². The second kappa shape index (κ2) is 8.53. The van der Waals surface area contributed by atoms with Crippen LogP contribution in [0.2, 0.25) is 0 Å². The third-order valence-electron chi connectivity index (χ3n) is 3.91. The van der Waals surface area contributed by atoms with E-state index in [1.165, 1.54) is 11.3 Å². The van der Waals surface area contributed by atoms with E-state index in [1.54, 1.807) is 5.38 Å². The Morgan fingerprint density at radius 1 is 0.893 bits per heavy atom. The van der Waals surface area contributed by atoms with Crippen molar-refractivity contribution in [2.45, 2.75) is 6.92 Å². The Morgan fingerprint density at radius 3 is 2.14 bits per heavy atom. The van der Waals surface area contributed by atoms with Gasteiger partial charge in [0.15, 0.2) is 5.13 Å². The van der Waals surface area contributed by atoms with Gasteiger partial charge in [-0.3, -0.25) is 10.1 Å². The highest BCUT2D eigenvalue weighted by molar-refractivity contribution is 7.14. The summed E-state index contributed by atoms with van der Waals surface area (Å²) < 4.78 is 0. The van der Waals surface area contributed by atoms with Crippen molar-refractivity contribution in [3.63, 3.8) is 0 Å². The molecule has 3 aromatic rings. The lowest BCUT2D eigenvalue weighted by atomic mass is 10.2. The molecule has 0 aliphatic heterocycles. The third kappa shape index (κ3) is 5.08. The fourth-order valence-corrected chi connectivity index (χ4v) is 3.06. The van der Waals surface area contributed by atoms with Crippen molar-refractivity contribution in [2.24, 2.45) is 0 Å². The van der Waals surface area contributed by atoms with E-state index in [-0.39, 0.29) is 11.6 Å². The SMILES string of the molecule is Cc1ccc(NC(=O)Nc2nc(C(=O)Nc3ccc(N(C)C)cc3)cs2)cc1. The molecule has 144 valence electrons. The Labute approximate surface area is 167 Å². The zero-order valence-corrected chi connectivity index (χ0v) is 16.6.